The first-order valence-electron chi connectivity index (χ1n) is 9.29. The summed E-state index contributed by atoms with van der Waals surface area (Å²) >= 11 is 0. The molecule has 1 aromatic carbocycles. The zero-order valence-corrected chi connectivity index (χ0v) is 16.9. The predicted octanol–water partition coefficient (Wildman–Crippen LogP) is 0.901. The van der Waals surface area contributed by atoms with Gasteiger partial charge < -0.3 is 24.0 Å². The number of piperazine rings is 1. The Hall–Kier alpha value is -3.10. The van der Waals surface area contributed by atoms with Crippen molar-refractivity contribution in [2.24, 2.45) is 0 Å². The van der Waals surface area contributed by atoms with Gasteiger partial charge >= 0.3 is 5.97 Å². The van der Waals surface area contributed by atoms with Crippen molar-refractivity contribution in [1.82, 2.24) is 9.80 Å². The van der Waals surface area contributed by atoms with Gasteiger partial charge in [0, 0.05) is 45.1 Å². The number of rotatable bonds is 8. The van der Waals surface area contributed by atoms with Crippen LogP contribution in [0.3, 0.4) is 0 Å². The zero-order chi connectivity index (χ0) is 21.4. The Labute approximate surface area is 169 Å². The summed E-state index contributed by atoms with van der Waals surface area (Å²) in [5.74, 6) is -0.291. The molecule has 1 aromatic rings. The van der Waals surface area contributed by atoms with E-state index in [-0.39, 0.29) is 30.4 Å². The van der Waals surface area contributed by atoms with Crippen LogP contribution in [-0.2, 0) is 19.1 Å². The Bertz CT molecular complexity index is 770. The van der Waals surface area contributed by atoms with Crippen molar-refractivity contribution >= 4 is 23.6 Å². The molecule has 0 radical (unpaired) electrons. The van der Waals surface area contributed by atoms with Crippen molar-refractivity contribution < 1.29 is 33.4 Å². The Balaban J connectivity index is 1.75. The number of ketones is 1. The van der Waals surface area contributed by atoms with E-state index in [0.29, 0.717) is 43.2 Å². The molecule has 0 aliphatic carbocycles. The molecule has 2 rings (SSSR count). The standard InChI is InChI=1S/C20H26N2O7/c1-14(23)21-8-10-22(11-9-21)19(25)6-7-20(26)29-13-16(24)15-4-5-17(27-2)18(12-15)28-3/h4-5,12H,6-11,13H2,1-3H3. The average molecular weight is 406 g/mol. The second-order valence-electron chi connectivity index (χ2n) is 6.54. The first-order chi connectivity index (χ1) is 13.8. The van der Waals surface area contributed by atoms with Crippen molar-refractivity contribution in [3.8, 4) is 11.5 Å². The molecule has 0 unspecified atom stereocenters. The number of benzene rings is 1. The Morgan fingerprint density at radius 1 is 0.897 bits per heavy atom. The van der Waals surface area contributed by atoms with Crippen molar-refractivity contribution in [1.29, 1.82) is 0 Å². The maximum atomic E-state index is 12.2. The van der Waals surface area contributed by atoms with E-state index < -0.39 is 12.6 Å². The van der Waals surface area contributed by atoms with Gasteiger partial charge in [-0.3, -0.25) is 19.2 Å². The van der Waals surface area contributed by atoms with E-state index in [1.54, 1.807) is 21.9 Å². The summed E-state index contributed by atoms with van der Waals surface area (Å²) in [5.41, 5.74) is 0.329. The molecule has 158 valence electrons. The third-order valence-corrected chi connectivity index (χ3v) is 4.69. The van der Waals surface area contributed by atoms with Crippen LogP contribution in [0.4, 0.5) is 0 Å². The summed E-state index contributed by atoms with van der Waals surface area (Å²) in [5, 5.41) is 0. The second kappa shape index (κ2) is 10.4. The molecular weight excluding hydrogens is 380 g/mol. The Morgan fingerprint density at radius 2 is 1.52 bits per heavy atom. The summed E-state index contributed by atoms with van der Waals surface area (Å²) in [7, 11) is 2.95. The van der Waals surface area contributed by atoms with Crippen molar-refractivity contribution in [2.45, 2.75) is 19.8 Å². The van der Waals surface area contributed by atoms with E-state index in [0.717, 1.165) is 0 Å². The summed E-state index contributed by atoms with van der Waals surface area (Å²) < 4.78 is 15.3. The second-order valence-corrected chi connectivity index (χ2v) is 6.54. The monoisotopic (exact) mass is 406 g/mol. The van der Waals surface area contributed by atoms with Gasteiger partial charge in [-0.15, -0.1) is 0 Å². The lowest BCUT2D eigenvalue weighted by atomic mass is 10.1. The van der Waals surface area contributed by atoms with Gasteiger partial charge in [-0.1, -0.05) is 0 Å². The van der Waals surface area contributed by atoms with Crippen LogP contribution in [0.25, 0.3) is 0 Å². The number of nitrogens with zero attached hydrogens (tertiary/aromatic N) is 2. The van der Waals surface area contributed by atoms with Crippen molar-refractivity contribution in [2.75, 3.05) is 47.0 Å². The van der Waals surface area contributed by atoms with Crippen LogP contribution in [0.5, 0.6) is 11.5 Å². The molecule has 2 amide bonds. The third kappa shape index (κ3) is 6.20. The van der Waals surface area contributed by atoms with Gasteiger partial charge in [-0.2, -0.15) is 0 Å². The number of hydrogen-bond acceptors (Lipinski definition) is 7. The predicted molar refractivity (Wildman–Crippen MR) is 103 cm³/mol. The molecule has 1 saturated heterocycles. The summed E-state index contributed by atoms with van der Waals surface area (Å²) in [6.45, 7) is 2.96. The fraction of sp³-hybridized carbons (Fsp3) is 0.500. The summed E-state index contributed by atoms with van der Waals surface area (Å²) in [4.78, 5) is 50.9. The molecule has 0 aromatic heterocycles. The van der Waals surface area contributed by atoms with Crippen LogP contribution in [0.1, 0.15) is 30.1 Å². The van der Waals surface area contributed by atoms with Crippen LogP contribution in [0, 0.1) is 0 Å². The molecule has 1 aliphatic rings. The highest BCUT2D eigenvalue weighted by atomic mass is 16.5. The van der Waals surface area contributed by atoms with Crippen LogP contribution >= 0.6 is 0 Å². The average Bonchev–Trinajstić information content (AvgIpc) is 2.75. The molecule has 0 saturated carbocycles. The minimum atomic E-state index is -0.616. The number of carbonyl (C=O) groups is 4. The highest BCUT2D eigenvalue weighted by Crippen LogP contribution is 2.27. The number of Topliss-reactive ketones (excluding diaryl/α,β-unsaturated/α-hetero) is 1. The van der Waals surface area contributed by atoms with Gasteiger partial charge in [0.25, 0.3) is 0 Å². The molecule has 0 atom stereocenters. The lowest BCUT2D eigenvalue weighted by molar-refractivity contribution is -0.145. The number of amides is 2. The van der Waals surface area contributed by atoms with E-state index >= 15 is 0 Å². The van der Waals surface area contributed by atoms with Gasteiger partial charge in [-0.05, 0) is 18.2 Å². The Morgan fingerprint density at radius 3 is 2.10 bits per heavy atom. The summed E-state index contributed by atoms with van der Waals surface area (Å²) in [6.07, 6.45) is -0.103. The SMILES string of the molecule is COc1ccc(C(=O)COC(=O)CCC(=O)N2CCN(C(C)=O)CC2)cc1OC. The van der Waals surface area contributed by atoms with Crippen LogP contribution in [-0.4, -0.2) is 80.4 Å². The minimum absolute atomic E-state index is 0.00343. The van der Waals surface area contributed by atoms with E-state index in [4.69, 9.17) is 14.2 Å². The van der Waals surface area contributed by atoms with Crippen LogP contribution in [0.2, 0.25) is 0 Å². The molecular formula is C20H26N2O7. The number of esters is 1. The molecule has 0 N–H and O–H groups in total. The normalized spacial score (nSPS) is 13.6. The fourth-order valence-corrected chi connectivity index (χ4v) is 2.95. The fourth-order valence-electron chi connectivity index (χ4n) is 2.95. The quantitative estimate of drug-likeness (QED) is 0.467. The van der Waals surface area contributed by atoms with E-state index in [9.17, 15) is 19.2 Å². The lowest BCUT2D eigenvalue weighted by Gasteiger charge is -2.34. The maximum absolute atomic E-state index is 12.2. The Kier molecular flexibility index (Phi) is 7.99. The van der Waals surface area contributed by atoms with E-state index in [1.807, 2.05) is 0 Å². The van der Waals surface area contributed by atoms with E-state index in [2.05, 4.69) is 0 Å². The molecule has 0 spiro atoms. The van der Waals surface area contributed by atoms with Gasteiger partial charge in [0.1, 0.15) is 0 Å². The molecule has 1 heterocycles. The van der Waals surface area contributed by atoms with Crippen LogP contribution < -0.4 is 9.47 Å². The van der Waals surface area contributed by atoms with Gasteiger partial charge in [-0.25, -0.2) is 0 Å². The van der Waals surface area contributed by atoms with Gasteiger partial charge in [0.15, 0.2) is 23.9 Å². The minimum Gasteiger partial charge on any atom is -0.493 e. The van der Waals surface area contributed by atoms with E-state index in [1.165, 1.54) is 27.2 Å². The smallest absolute Gasteiger partial charge is 0.306 e. The highest BCUT2D eigenvalue weighted by Gasteiger charge is 2.23. The first kappa shape index (κ1) is 22.2. The molecule has 29 heavy (non-hydrogen) atoms. The number of ether oxygens (including phenoxy) is 3. The molecule has 1 aliphatic heterocycles. The molecule has 9 nitrogen and oxygen atoms in total. The number of carbonyl (C=O) groups excluding carboxylic acids is 4. The molecule has 0 bridgehead atoms. The lowest BCUT2D eigenvalue weighted by Crippen LogP contribution is -2.50. The van der Waals surface area contributed by atoms with Crippen LogP contribution in [0.15, 0.2) is 18.2 Å². The zero-order valence-electron chi connectivity index (χ0n) is 16.9. The number of hydrogen-bond donors (Lipinski definition) is 0. The van der Waals surface area contributed by atoms with Gasteiger partial charge in [0.05, 0.1) is 20.6 Å². The highest BCUT2D eigenvalue weighted by molar-refractivity contribution is 5.98. The summed E-state index contributed by atoms with van der Waals surface area (Å²) in [6, 6.07) is 4.67. The van der Waals surface area contributed by atoms with Crippen molar-refractivity contribution in [3.05, 3.63) is 23.8 Å². The number of methoxy groups -OCH3 is 2. The largest absolute Gasteiger partial charge is 0.493 e. The third-order valence-electron chi connectivity index (χ3n) is 4.69. The molecule has 9 heteroatoms. The maximum Gasteiger partial charge on any atom is 0.306 e. The topological polar surface area (TPSA) is 102 Å². The van der Waals surface area contributed by atoms with Crippen molar-refractivity contribution in [3.63, 3.8) is 0 Å². The van der Waals surface area contributed by atoms with Gasteiger partial charge in [0.2, 0.25) is 11.8 Å². The molecule has 1 fully saturated rings. The first-order valence-corrected chi connectivity index (χ1v) is 9.29.